The molecule has 0 aliphatic rings. The summed E-state index contributed by atoms with van der Waals surface area (Å²) in [6.45, 7) is 0.140. The molecule has 0 spiro atoms. The molecule has 0 fully saturated rings. The van der Waals surface area contributed by atoms with Gasteiger partial charge in [-0.05, 0) is 5.56 Å². The molecule has 10 heavy (non-hydrogen) atoms. The highest BCUT2D eigenvalue weighted by molar-refractivity contribution is 5.12. The van der Waals surface area contributed by atoms with Crippen LogP contribution in [0.1, 0.15) is 5.56 Å². The lowest BCUT2D eigenvalue weighted by atomic mass is 10.2. The van der Waals surface area contributed by atoms with Crippen molar-refractivity contribution in [3.63, 3.8) is 0 Å². The van der Waals surface area contributed by atoms with E-state index in [4.69, 9.17) is 10.0 Å². The molecule has 0 amide bonds. The van der Waals surface area contributed by atoms with Crippen molar-refractivity contribution in [3.8, 4) is 0 Å². The minimum atomic E-state index is 0.140. The molecule has 0 unspecified atom stereocenters. The number of nitroso groups, excluding NO2 is 1. The lowest BCUT2D eigenvalue weighted by Crippen LogP contribution is -1.77. The quantitative estimate of drug-likeness (QED) is 0.579. The lowest BCUT2D eigenvalue weighted by molar-refractivity contribution is 0.282. The molecule has 0 saturated carbocycles. The van der Waals surface area contributed by atoms with Crippen LogP contribution >= 0.6 is 0 Å². The standard InChI is InChI=1S/C7H8O.HNO/c8-6-7-4-2-1-3-5-7;1-2/h1-5,8H,6H2;1H. The van der Waals surface area contributed by atoms with Gasteiger partial charge >= 0.3 is 0 Å². The predicted molar refractivity (Wildman–Crippen MR) is 38.5 cm³/mol. The SMILES string of the molecule is N=O.OCc1ccccc1. The zero-order valence-electron chi connectivity index (χ0n) is 5.45. The first-order chi connectivity index (χ1) is 4.93. The highest BCUT2D eigenvalue weighted by atomic mass is 16.3. The van der Waals surface area contributed by atoms with Gasteiger partial charge in [-0.2, -0.15) is 4.91 Å². The lowest BCUT2D eigenvalue weighted by Gasteiger charge is -1.89. The van der Waals surface area contributed by atoms with Gasteiger partial charge in [0.25, 0.3) is 0 Å². The van der Waals surface area contributed by atoms with Crippen LogP contribution in [0.15, 0.2) is 30.3 Å². The number of aliphatic hydroxyl groups is 1. The summed E-state index contributed by atoms with van der Waals surface area (Å²) in [5.74, 6) is 0. The van der Waals surface area contributed by atoms with E-state index < -0.39 is 0 Å². The molecule has 3 nitrogen and oxygen atoms in total. The molecule has 0 aliphatic heterocycles. The number of rotatable bonds is 1. The van der Waals surface area contributed by atoms with E-state index in [1.807, 2.05) is 30.3 Å². The minimum absolute atomic E-state index is 0.140. The van der Waals surface area contributed by atoms with Crippen molar-refractivity contribution >= 4 is 0 Å². The largest absolute Gasteiger partial charge is 0.392 e. The van der Waals surface area contributed by atoms with Gasteiger partial charge in [0.05, 0.1) is 6.61 Å². The van der Waals surface area contributed by atoms with Crippen LogP contribution in [-0.4, -0.2) is 5.11 Å². The molecule has 0 radical (unpaired) electrons. The Hall–Kier alpha value is -1.22. The van der Waals surface area contributed by atoms with Gasteiger partial charge in [0, 0.05) is 0 Å². The van der Waals surface area contributed by atoms with Crippen molar-refractivity contribution in [2.45, 2.75) is 6.61 Å². The van der Waals surface area contributed by atoms with Gasteiger partial charge in [-0.25, -0.2) is 0 Å². The van der Waals surface area contributed by atoms with E-state index in [1.54, 1.807) is 0 Å². The Kier molecular flexibility index (Phi) is 5.19. The van der Waals surface area contributed by atoms with E-state index in [1.165, 1.54) is 0 Å². The average molecular weight is 139 g/mol. The monoisotopic (exact) mass is 139 g/mol. The summed E-state index contributed by atoms with van der Waals surface area (Å²) in [5.41, 5.74) is 5.47. The van der Waals surface area contributed by atoms with Crippen molar-refractivity contribution in [1.82, 2.24) is 0 Å². The van der Waals surface area contributed by atoms with Crippen molar-refractivity contribution < 1.29 is 5.11 Å². The van der Waals surface area contributed by atoms with Crippen LogP contribution in [-0.2, 0) is 6.61 Å². The maximum absolute atomic E-state index is 8.54. The van der Waals surface area contributed by atoms with E-state index in [0.717, 1.165) is 5.56 Å². The number of benzene rings is 1. The smallest absolute Gasteiger partial charge is 0.0681 e. The van der Waals surface area contributed by atoms with Gasteiger partial charge in [-0.15, -0.1) is 0 Å². The third-order valence-electron chi connectivity index (χ3n) is 1.03. The molecule has 2 N–H and O–H groups in total. The van der Waals surface area contributed by atoms with Crippen LogP contribution < -0.4 is 0 Å². The van der Waals surface area contributed by atoms with Crippen LogP contribution in [0.5, 0.6) is 0 Å². The molecule has 3 heteroatoms. The zero-order chi connectivity index (χ0) is 7.82. The van der Waals surface area contributed by atoms with Crippen LogP contribution in [0.25, 0.3) is 0 Å². The fraction of sp³-hybridized carbons (Fsp3) is 0.143. The van der Waals surface area contributed by atoms with Crippen LogP contribution in [0.3, 0.4) is 0 Å². The maximum Gasteiger partial charge on any atom is 0.0681 e. The molecule has 0 aliphatic carbocycles. The molecule has 54 valence electrons. The van der Waals surface area contributed by atoms with Crippen molar-refractivity contribution in [2.75, 3.05) is 0 Å². The van der Waals surface area contributed by atoms with Crippen molar-refractivity contribution in [3.05, 3.63) is 40.8 Å². The topological polar surface area (TPSA) is 61.2 Å². The molecule has 0 saturated heterocycles. The summed E-state index contributed by atoms with van der Waals surface area (Å²) in [4.78, 5) is 7.50. The third-order valence-corrected chi connectivity index (χ3v) is 1.03. The fourth-order valence-corrected chi connectivity index (χ4v) is 0.583. The van der Waals surface area contributed by atoms with E-state index >= 15 is 0 Å². The van der Waals surface area contributed by atoms with E-state index in [9.17, 15) is 0 Å². The predicted octanol–water partition coefficient (Wildman–Crippen LogP) is 1.51. The molecule has 0 heterocycles. The van der Waals surface area contributed by atoms with Crippen molar-refractivity contribution in [2.24, 2.45) is 0 Å². The van der Waals surface area contributed by atoms with Crippen molar-refractivity contribution in [1.29, 1.82) is 5.59 Å². The maximum atomic E-state index is 8.54. The second kappa shape index (κ2) is 5.91. The molecular formula is C7H9NO2. The van der Waals surface area contributed by atoms with E-state index in [-0.39, 0.29) is 6.61 Å². The molecule has 0 atom stereocenters. The van der Waals surface area contributed by atoms with Gasteiger partial charge in [-0.3, -0.25) is 0 Å². The van der Waals surface area contributed by atoms with Gasteiger partial charge in [0.2, 0.25) is 0 Å². The van der Waals surface area contributed by atoms with Gasteiger partial charge in [0.15, 0.2) is 0 Å². The molecule has 1 aromatic rings. The van der Waals surface area contributed by atoms with Gasteiger partial charge in [-0.1, -0.05) is 35.9 Å². The molecular weight excluding hydrogens is 130 g/mol. The highest BCUT2D eigenvalue weighted by Gasteiger charge is 1.81. The van der Waals surface area contributed by atoms with Gasteiger partial charge < -0.3 is 5.11 Å². The average Bonchev–Trinajstić information content (AvgIpc) is 2.10. The number of hydrogen-bond acceptors (Lipinski definition) is 3. The number of aliphatic hydroxyl groups excluding tert-OH is 1. The normalized spacial score (nSPS) is 7.70. The van der Waals surface area contributed by atoms with E-state index in [0.29, 0.717) is 0 Å². The minimum Gasteiger partial charge on any atom is -0.392 e. The Bertz CT molecular complexity index is 165. The summed E-state index contributed by atoms with van der Waals surface area (Å²) in [6, 6.07) is 9.52. The van der Waals surface area contributed by atoms with Crippen LogP contribution in [0.4, 0.5) is 0 Å². The Morgan fingerprint density at radius 3 is 2.00 bits per heavy atom. The Balaban J connectivity index is 0.000000371. The van der Waals surface area contributed by atoms with Crippen LogP contribution in [0, 0.1) is 10.5 Å². The summed E-state index contributed by atoms with van der Waals surface area (Å²) in [6.07, 6.45) is 0. The van der Waals surface area contributed by atoms with E-state index in [2.05, 4.69) is 5.59 Å². The molecule has 0 aromatic heterocycles. The van der Waals surface area contributed by atoms with Gasteiger partial charge in [0.1, 0.15) is 0 Å². The number of hydrogen-bond donors (Lipinski definition) is 2. The highest BCUT2D eigenvalue weighted by Crippen LogP contribution is 1.95. The molecule has 0 bridgehead atoms. The first-order valence-corrected chi connectivity index (χ1v) is 2.78. The van der Waals surface area contributed by atoms with Crippen LogP contribution in [0.2, 0.25) is 0 Å². The summed E-state index contributed by atoms with van der Waals surface area (Å²) >= 11 is 0. The summed E-state index contributed by atoms with van der Waals surface area (Å²) in [5, 5.41) is 8.54. The second-order valence-corrected chi connectivity index (χ2v) is 1.64. The number of nitrogens with one attached hydrogen (secondary N) is 1. The molecule has 1 rings (SSSR count). The summed E-state index contributed by atoms with van der Waals surface area (Å²) in [7, 11) is 0. The Morgan fingerprint density at radius 2 is 1.70 bits per heavy atom. The Morgan fingerprint density at radius 1 is 1.20 bits per heavy atom. The zero-order valence-corrected chi connectivity index (χ0v) is 5.45. The fourth-order valence-electron chi connectivity index (χ4n) is 0.583. The summed E-state index contributed by atoms with van der Waals surface area (Å²) < 4.78 is 0. The molecule has 1 aromatic carbocycles. The Labute approximate surface area is 59.1 Å². The first kappa shape index (κ1) is 8.78. The second-order valence-electron chi connectivity index (χ2n) is 1.64. The first-order valence-electron chi connectivity index (χ1n) is 2.78. The third kappa shape index (κ3) is 2.94.